The molecule has 21 heavy (non-hydrogen) atoms. The fraction of sp³-hybridized carbons (Fsp3) is 0. The Kier molecular flexibility index (Phi) is 2.79. The van der Waals surface area contributed by atoms with Crippen molar-refractivity contribution >= 4 is 11.5 Å². The number of benzene rings is 2. The second kappa shape index (κ2) is 4.63. The number of carboxylic acid groups (broad SMARTS) is 1. The number of hydrogen-bond donors (Lipinski definition) is 1. The van der Waals surface area contributed by atoms with E-state index in [0.29, 0.717) is 16.7 Å². The van der Waals surface area contributed by atoms with Crippen molar-refractivity contribution in [3.05, 3.63) is 64.7 Å². The fourth-order valence-corrected chi connectivity index (χ4v) is 2.70. The smallest absolute Gasteiger partial charge is 0.336 e. The molecule has 4 heteroatoms. The maximum Gasteiger partial charge on any atom is 0.336 e. The van der Waals surface area contributed by atoms with Crippen LogP contribution in [0.15, 0.2) is 48.0 Å². The Hall–Kier alpha value is -3.37. The van der Waals surface area contributed by atoms with Crippen molar-refractivity contribution in [2.75, 3.05) is 0 Å². The van der Waals surface area contributed by atoms with Crippen molar-refractivity contribution in [2.45, 2.75) is 0 Å². The molecule has 1 aliphatic carbocycles. The normalized spacial score (nSPS) is 11.0. The topological polar surface area (TPSA) is 84.9 Å². The zero-order valence-corrected chi connectivity index (χ0v) is 10.8. The van der Waals surface area contributed by atoms with Gasteiger partial charge in [0.25, 0.3) is 0 Å². The molecule has 0 spiro atoms. The average Bonchev–Trinajstić information content (AvgIpc) is 2.84. The van der Waals surface area contributed by atoms with Gasteiger partial charge in [-0.1, -0.05) is 36.4 Å². The number of nitriles is 2. The van der Waals surface area contributed by atoms with Crippen LogP contribution < -0.4 is 0 Å². The number of allylic oxidation sites excluding steroid dienone is 1. The summed E-state index contributed by atoms with van der Waals surface area (Å²) in [5.74, 6) is -1.03. The first-order valence-electron chi connectivity index (χ1n) is 6.20. The lowest BCUT2D eigenvalue weighted by atomic mass is 9.97. The summed E-state index contributed by atoms with van der Waals surface area (Å²) in [6.45, 7) is 0. The Balaban J connectivity index is 2.51. The molecule has 0 heterocycles. The summed E-state index contributed by atoms with van der Waals surface area (Å²) >= 11 is 0. The number of aromatic carboxylic acids is 1. The third-order valence-corrected chi connectivity index (χ3v) is 3.50. The molecular weight excluding hydrogens is 264 g/mol. The van der Waals surface area contributed by atoms with Gasteiger partial charge < -0.3 is 5.11 Å². The summed E-state index contributed by atoms with van der Waals surface area (Å²) in [5, 5.41) is 27.7. The molecule has 0 saturated carbocycles. The van der Waals surface area contributed by atoms with Gasteiger partial charge in [0.1, 0.15) is 17.7 Å². The average molecular weight is 272 g/mol. The molecule has 0 unspecified atom stereocenters. The Morgan fingerprint density at radius 1 is 0.905 bits per heavy atom. The van der Waals surface area contributed by atoms with Gasteiger partial charge in [0.15, 0.2) is 0 Å². The van der Waals surface area contributed by atoms with Crippen LogP contribution in [-0.2, 0) is 0 Å². The van der Waals surface area contributed by atoms with E-state index in [-0.39, 0.29) is 11.1 Å². The SMILES string of the molecule is N#CC(C#N)=C1c2ccccc2-c2c(C(=O)O)cccc21. The molecule has 0 radical (unpaired) electrons. The van der Waals surface area contributed by atoms with Gasteiger partial charge in [-0.15, -0.1) is 0 Å². The number of carboxylic acids is 1. The van der Waals surface area contributed by atoms with Crippen LogP contribution in [0.4, 0.5) is 0 Å². The van der Waals surface area contributed by atoms with Crippen molar-refractivity contribution in [3.8, 4) is 23.3 Å². The van der Waals surface area contributed by atoms with Crippen LogP contribution >= 0.6 is 0 Å². The van der Waals surface area contributed by atoms with Crippen LogP contribution in [0.2, 0.25) is 0 Å². The molecule has 4 nitrogen and oxygen atoms in total. The van der Waals surface area contributed by atoms with Crippen molar-refractivity contribution in [1.29, 1.82) is 10.5 Å². The van der Waals surface area contributed by atoms with Crippen LogP contribution in [0.25, 0.3) is 16.7 Å². The zero-order valence-electron chi connectivity index (χ0n) is 10.8. The van der Waals surface area contributed by atoms with Crippen molar-refractivity contribution in [3.63, 3.8) is 0 Å². The maximum atomic E-state index is 11.4. The minimum Gasteiger partial charge on any atom is -0.478 e. The Bertz CT molecular complexity index is 880. The van der Waals surface area contributed by atoms with E-state index in [9.17, 15) is 9.90 Å². The number of rotatable bonds is 1. The van der Waals surface area contributed by atoms with E-state index in [1.54, 1.807) is 30.3 Å². The summed E-state index contributed by atoms with van der Waals surface area (Å²) in [4.78, 5) is 11.4. The quantitative estimate of drug-likeness (QED) is 0.689. The molecular formula is C17H8N2O2. The van der Waals surface area contributed by atoms with E-state index < -0.39 is 5.97 Å². The second-order valence-corrected chi connectivity index (χ2v) is 4.55. The molecule has 3 rings (SSSR count). The fourth-order valence-electron chi connectivity index (χ4n) is 2.70. The van der Waals surface area contributed by atoms with Gasteiger partial charge >= 0.3 is 5.97 Å². The van der Waals surface area contributed by atoms with Crippen molar-refractivity contribution in [1.82, 2.24) is 0 Å². The van der Waals surface area contributed by atoms with E-state index in [2.05, 4.69) is 0 Å². The summed E-state index contributed by atoms with van der Waals surface area (Å²) in [7, 11) is 0. The predicted octanol–water partition coefficient (Wildman–Crippen LogP) is 3.21. The molecule has 1 aliphatic rings. The van der Waals surface area contributed by atoms with Gasteiger partial charge in [-0.05, 0) is 22.8 Å². The van der Waals surface area contributed by atoms with Gasteiger partial charge in [0.2, 0.25) is 0 Å². The summed E-state index contributed by atoms with van der Waals surface area (Å²) in [5.41, 5.74) is 3.32. The highest BCUT2D eigenvalue weighted by molar-refractivity contribution is 6.10. The minimum atomic E-state index is -1.03. The number of fused-ring (bicyclic) bond motifs is 3. The van der Waals surface area contributed by atoms with Crippen LogP contribution in [0.5, 0.6) is 0 Å². The van der Waals surface area contributed by atoms with E-state index in [0.717, 1.165) is 11.1 Å². The van der Waals surface area contributed by atoms with E-state index in [1.807, 2.05) is 18.2 Å². The Labute approximate surface area is 120 Å². The molecule has 2 aromatic rings. The summed E-state index contributed by atoms with van der Waals surface area (Å²) in [6, 6.07) is 15.9. The lowest BCUT2D eigenvalue weighted by molar-refractivity contribution is 0.0697. The lowest BCUT2D eigenvalue weighted by Gasteiger charge is -2.05. The third-order valence-electron chi connectivity index (χ3n) is 3.50. The Morgan fingerprint density at radius 3 is 2.14 bits per heavy atom. The predicted molar refractivity (Wildman–Crippen MR) is 76.1 cm³/mol. The van der Waals surface area contributed by atoms with Gasteiger partial charge in [-0.3, -0.25) is 0 Å². The van der Waals surface area contributed by atoms with Crippen LogP contribution in [-0.4, -0.2) is 11.1 Å². The lowest BCUT2D eigenvalue weighted by Crippen LogP contribution is -1.99. The molecule has 0 saturated heterocycles. The molecule has 0 fully saturated rings. The molecule has 0 amide bonds. The van der Waals surface area contributed by atoms with Crippen LogP contribution in [0.1, 0.15) is 21.5 Å². The van der Waals surface area contributed by atoms with E-state index >= 15 is 0 Å². The van der Waals surface area contributed by atoms with E-state index in [4.69, 9.17) is 10.5 Å². The monoisotopic (exact) mass is 272 g/mol. The summed E-state index contributed by atoms with van der Waals surface area (Å²) in [6.07, 6.45) is 0. The molecule has 1 N–H and O–H groups in total. The molecule has 98 valence electrons. The minimum absolute atomic E-state index is 0.0104. The van der Waals surface area contributed by atoms with Gasteiger partial charge in [-0.25, -0.2) is 4.79 Å². The highest BCUT2D eigenvalue weighted by Gasteiger charge is 2.29. The molecule has 0 atom stereocenters. The highest BCUT2D eigenvalue weighted by atomic mass is 16.4. The van der Waals surface area contributed by atoms with Crippen LogP contribution in [0.3, 0.4) is 0 Å². The number of hydrogen-bond acceptors (Lipinski definition) is 3. The molecule has 0 aromatic heterocycles. The first-order chi connectivity index (χ1) is 10.2. The first kappa shape index (κ1) is 12.7. The maximum absolute atomic E-state index is 11.4. The number of nitrogens with zero attached hydrogens (tertiary/aromatic N) is 2. The zero-order chi connectivity index (χ0) is 15.0. The van der Waals surface area contributed by atoms with Crippen molar-refractivity contribution < 1.29 is 9.90 Å². The first-order valence-corrected chi connectivity index (χ1v) is 6.20. The molecule has 0 bridgehead atoms. The summed E-state index contributed by atoms with van der Waals surface area (Å²) < 4.78 is 0. The largest absolute Gasteiger partial charge is 0.478 e. The standard InChI is InChI=1S/C17H8N2O2/c18-8-10(9-19)15-11-4-1-2-5-12(11)16-13(15)6-3-7-14(16)17(20)21/h1-7H,(H,20,21). The molecule has 2 aromatic carbocycles. The van der Waals surface area contributed by atoms with E-state index in [1.165, 1.54) is 6.07 Å². The molecule has 0 aliphatic heterocycles. The van der Waals surface area contributed by atoms with Gasteiger partial charge in [0.05, 0.1) is 5.56 Å². The van der Waals surface area contributed by atoms with Gasteiger partial charge in [0, 0.05) is 11.1 Å². The highest BCUT2D eigenvalue weighted by Crippen LogP contribution is 2.46. The van der Waals surface area contributed by atoms with Crippen molar-refractivity contribution in [2.24, 2.45) is 0 Å². The van der Waals surface area contributed by atoms with Crippen LogP contribution in [0, 0.1) is 22.7 Å². The third kappa shape index (κ3) is 1.71. The second-order valence-electron chi connectivity index (χ2n) is 4.55. The Morgan fingerprint density at radius 2 is 1.52 bits per heavy atom. The number of carbonyl (C=O) groups is 1. The van der Waals surface area contributed by atoms with Gasteiger partial charge in [-0.2, -0.15) is 10.5 Å².